The van der Waals surface area contributed by atoms with Crippen LogP contribution >= 0.6 is 0 Å². The lowest BCUT2D eigenvalue weighted by Gasteiger charge is -2.45. The van der Waals surface area contributed by atoms with Crippen LogP contribution in [0.25, 0.3) is 0 Å². The maximum Gasteiger partial charge on any atom is 0.237 e. The van der Waals surface area contributed by atoms with Gasteiger partial charge in [-0.3, -0.25) is 9.69 Å². The van der Waals surface area contributed by atoms with Crippen LogP contribution in [-0.2, 0) is 4.79 Å². The summed E-state index contributed by atoms with van der Waals surface area (Å²) in [7, 11) is 0. The molecule has 3 aliphatic rings. The molecule has 0 aromatic carbocycles. The molecule has 1 heterocycles. The van der Waals surface area contributed by atoms with Gasteiger partial charge >= 0.3 is 0 Å². The smallest absolute Gasteiger partial charge is 0.237 e. The Bertz CT molecular complexity index is 373. The normalized spacial score (nSPS) is 41.1. The number of primary amides is 1. The average Bonchev–Trinajstić information content (AvgIpc) is 3.08. The lowest BCUT2D eigenvalue weighted by atomic mass is 9.77. The third kappa shape index (κ3) is 2.48. The minimum absolute atomic E-state index is 0.139. The summed E-state index contributed by atoms with van der Waals surface area (Å²) in [6, 6.07) is 1.36. The third-order valence-corrected chi connectivity index (χ3v) is 5.83. The molecule has 0 spiro atoms. The fraction of sp³-hybridized carbons (Fsp3) is 0.938. The third-order valence-electron chi connectivity index (χ3n) is 5.83. The largest absolute Gasteiger partial charge is 0.368 e. The molecule has 2 saturated carbocycles. The molecule has 20 heavy (non-hydrogen) atoms. The van der Waals surface area contributed by atoms with E-state index in [9.17, 15) is 4.79 Å². The number of nitrogens with two attached hydrogens (primary N) is 1. The predicted octanol–water partition coefficient (Wildman–Crippen LogP) is 1.64. The molecule has 0 radical (unpaired) electrons. The molecular formula is C16H29N3O. The Morgan fingerprint density at radius 2 is 2.20 bits per heavy atom. The van der Waals surface area contributed by atoms with Crippen LogP contribution in [0.5, 0.6) is 0 Å². The number of fused-ring (bicyclic) bond motifs is 2. The van der Waals surface area contributed by atoms with E-state index in [1.165, 1.54) is 32.2 Å². The maximum absolute atomic E-state index is 12.0. The van der Waals surface area contributed by atoms with Crippen molar-refractivity contribution in [3.63, 3.8) is 0 Å². The van der Waals surface area contributed by atoms with E-state index in [1.807, 2.05) is 0 Å². The number of piperidine rings is 1. The maximum atomic E-state index is 12.0. The molecule has 3 fully saturated rings. The van der Waals surface area contributed by atoms with E-state index < -0.39 is 5.54 Å². The van der Waals surface area contributed by atoms with Gasteiger partial charge in [-0.05, 0) is 63.8 Å². The molecule has 3 N–H and O–H groups in total. The van der Waals surface area contributed by atoms with Crippen LogP contribution in [0.3, 0.4) is 0 Å². The van der Waals surface area contributed by atoms with Crippen LogP contribution in [0.2, 0.25) is 0 Å². The molecule has 1 aliphatic heterocycles. The van der Waals surface area contributed by atoms with Crippen LogP contribution in [0.1, 0.15) is 58.3 Å². The molecule has 4 atom stereocenters. The zero-order valence-electron chi connectivity index (χ0n) is 12.7. The van der Waals surface area contributed by atoms with Gasteiger partial charge < -0.3 is 11.1 Å². The first-order chi connectivity index (χ1) is 9.64. The van der Waals surface area contributed by atoms with Crippen molar-refractivity contribution in [1.82, 2.24) is 10.2 Å². The molecule has 0 aromatic rings. The van der Waals surface area contributed by atoms with E-state index in [-0.39, 0.29) is 5.91 Å². The van der Waals surface area contributed by atoms with Gasteiger partial charge in [0.25, 0.3) is 0 Å². The summed E-state index contributed by atoms with van der Waals surface area (Å²) in [6.07, 6.45) is 9.43. The molecule has 3 rings (SSSR count). The summed E-state index contributed by atoms with van der Waals surface area (Å²) in [5.41, 5.74) is 5.32. The zero-order chi connectivity index (χ0) is 14.2. The molecule has 114 valence electrons. The van der Waals surface area contributed by atoms with Crippen molar-refractivity contribution in [2.45, 2.75) is 75.9 Å². The quantitative estimate of drug-likeness (QED) is 0.804. The van der Waals surface area contributed by atoms with Crippen molar-refractivity contribution >= 4 is 5.91 Å². The first-order valence-corrected chi connectivity index (χ1v) is 8.45. The zero-order valence-corrected chi connectivity index (χ0v) is 12.7. The first kappa shape index (κ1) is 14.3. The van der Waals surface area contributed by atoms with Crippen LogP contribution < -0.4 is 11.1 Å². The number of hydrogen-bond donors (Lipinski definition) is 2. The number of nitrogens with one attached hydrogen (secondary N) is 1. The highest BCUT2D eigenvalue weighted by atomic mass is 16.1. The molecule has 1 amide bonds. The standard InChI is InChI=1S/C16H29N3O/c1-2-8-18-16(15(17)20)7-3-4-14(10-16)19-11-12-5-6-13(19)9-12/h12-14,18H,2-11H2,1H3,(H2,17,20). The summed E-state index contributed by atoms with van der Waals surface area (Å²) in [4.78, 5) is 14.8. The SMILES string of the molecule is CCCNC1(C(N)=O)CCCC(N2CC3CCC2C3)C1. The lowest BCUT2D eigenvalue weighted by Crippen LogP contribution is -2.61. The second-order valence-electron chi connectivity index (χ2n) is 7.15. The second kappa shape index (κ2) is 5.64. The Kier molecular flexibility index (Phi) is 4.04. The van der Waals surface area contributed by atoms with Crippen LogP contribution in [0.4, 0.5) is 0 Å². The van der Waals surface area contributed by atoms with Gasteiger partial charge in [0.2, 0.25) is 5.91 Å². The number of carbonyl (C=O) groups is 1. The van der Waals surface area contributed by atoms with Crippen molar-refractivity contribution in [2.24, 2.45) is 11.7 Å². The number of amides is 1. The van der Waals surface area contributed by atoms with Gasteiger partial charge in [0.05, 0.1) is 5.54 Å². The Labute approximate surface area is 122 Å². The van der Waals surface area contributed by atoms with Crippen molar-refractivity contribution in [3.05, 3.63) is 0 Å². The van der Waals surface area contributed by atoms with Gasteiger partial charge in [-0.15, -0.1) is 0 Å². The monoisotopic (exact) mass is 279 g/mol. The molecule has 0 aromatic heterocycles. The fourth-order valence-corrected chi connectivity index (χ4v) is 4.77. The molecule has 2 aliphatic carbocycles. The summed E-state index contributed by atoms with van der Waals surface area (Å²) in [5, 5.41) is 3.48. The Balaban J connectivity index is 1.69. The van der Waals surface area contributed by atoms with Gasteiger partial charge in [0, 0.05) is 18.6 Å². The summed E-state index contributed by atoms with van der Waals surface area (Å²) in [5.74, 6) is 0.786. The van der Waals surface area contributed by atoms with Crippen LogP contribution in [-0.4, -0.2) is 41.5 Å². The van der Waals surface area contributed by atoms with Crippen molar-refractivity contribution in [1.29, 1.82) is 0 Å². The van der Waals surface area contributed by atoms with Crippen LogP contribution in [0.15, 0.2) is 0 Å². The summed E-state index contributed by atoms with van der Waals surface area (Å²) in [6.45, 7) is 4.29. The van der Waals surface area contributed by atoms with Gasteiger partial charge in [-0.1, -0.05) is 6.92 Å². The van der Waals surface area contributed by atoms with E-state index in [4.69, 9.17) is 5.73 Å². The molecular weight excluding hydrogens is 250 g/mol. The Hall–Kier alpha value is -0.610. The van der Waals surface area contributed by atoms with E-state index in [0.29, 0.717) is 6.04 Å². The molecule has 2 bridgehead atoms. The number of carbonyl (C=O) groups excluding carboxylic acids is 1. The van der Waals surface area contributed by atoms with E-state index in [0.717, 1.165) is 44.2 Å². The van der Waals surface area contributed by atoms with E-state index in [2.05, 4.69) is 17.1 Å². The highest BCUT2D eigenvalue weighted by molar-refractivity contribution is 5.84. The molecule has 4 heteroatoms. The predicted molar refractivity (Wildman–Crippen MR) is 80.3 cm³/mol. The highest BCUT2D eigenvalue weighted by Crippen LogP contribution is 2.42. The summed E-state index contributed by atoms with van der Waals surface area (Å²) >= 11 is 0. The van der Waals surface area contributed by atoms with Crippen molar-refractivity contribution < 1.29 is 4.79 Å². The number of rotatable bonds is 5. The fourth-order valence-electron chi connectivity index (χ4n) is 4.77. The van der Waals surface area contributed by atoms with E-state index >= 15 is 0 Å². The minimum Gasteiger partial charge on any atom is -0.368 e. The highest BCUT2D eigenvalue weighted by Gasteiger charge is 2.47. The van der Waals surface area contributed by atoms with Gasteiger partial charge in [0.15, 0.2) is 0 Å². The summed E-state index contributed by atoms with van der Waals surface area (Å²) < 4.78 is 0. The Morgan fingerprint density at radius 1 is 1.35 bits per heavy atom. The molecule has 4 unspecified atom stereocenters. The lowest BCUT2D eigenvalue weighted by molar-refractivity contribution is -0.127. The van der Waals surface area contributed by atoms with Crippen molar-refractivity contribution in [2.75, 3.05) is 13.1 Å². The van der Waals surface area contributed by atoms with E-state index in [1.54, 1.807) is 0 Å². The topological polar surface area (TPSA) is 58.4 Å². The Morgan fingerprint density at radius 3 is 2.80 bits per heavy atom. The first-order valence-electron chi connectivity index (χ1n) is 8.45. The van der Waals surface area contributed by atoms with Gasteiger partial charge in [-0.25, -0.2) is 0 Å². The number of hydrogen-bond acceptors (Lipinski definition) is 3. The molecule has 1 saturated heterocycles. The van der Waals surface area contributed by atoms with Crippen LogP contribution in [0, 0.1) is 5.92 Å². The number of nitrogens with zero attached hydrogens (tertiary/aromatic N) is 1. The second-order valence-corrected chi connectivity index (χ2v) is 7.15. The number of likely N-dealkylation sites (tertiary alicyclic amines) is 1. The average molecular weight is 279 g/mol. The van der Waals surface area contributed by atoms with Crippen molar-refractivity contribution in [3.8, 4) is 0 Å². The molecule has 4 nitrogen and oxygen atoms in total. The van der Waals surface area contributed by atoms with Gasteiger partial charge in [-0.2, -0.15) is 0 Å². The van der Waals surface area contributed by atoms with Gasteiger partial charge in [0.1, 0.15) is 0 Å². The minimum atomic E-state index is -0.444.